The summed E-state index contributed by atoms with van der Waals surface area (Å²) in [5, 5.41) is 3.56. The number of halogens is 3. The number of hydrogen-bond acceptors (Lipinski definition) is 3. The maximum absolute atomic E-state index is 12.7. The van der Waals surface area contributed by atoms with E-state index in [0.29, 0.717) is 16.7 Å². The Labute approximate surface area is 131 Å². The van der Waals surface area contributed by atoms with Gasteiger partial charge in [0.1, 0.15) is 0 Å². The first kappa shape index (κ1) is 15.3. The molecule has 1 aromatic heterocycles. The molecule has 2 aromatic carbocycles. The highest BCUT2D eigenvalue weighted by atomic mass is 19.4. The number of fused-ring (bicyclic) bond motifs is 1. The van der Waals surface area contributed by atoms with Crippen molar-refractivity contribution in [2.45, 2.75) is 13.1 Å². The molecule has 0 fully saturated rings. The van der Waals surface area contributed by atoms with E-state index in [2.05, 4.69) is 15.3 Å². The average molecular weight is 317 g/mol. The molecule has 0 radical (unpaired) electrons. The number of anilines is 1. The maximum atomic E-state index is 12.7. The topological polar surface area (TPSA) is 37.8 Å². The summed E-state index contributed by atoms with van der Waals surface area (Å²) in [5.41, 5.74) is 1.59. The standard InChI is InChI=1S/C17H14F3N3/c1-2-21-14-6-3-11(4-7-14)16-22-10-12-9-13(17(18,19)20)5-8-15(12)23-16/h3-10,21H,2H2,1H3. The van der Waals surface area contributed by atoms with Crippen LogP contribution in [0, 0.1) is 0 Å². The fourth-order valence-electron chi connectivity index (χ4n) is 2.29. The van der Waals surface area contributed by atoms with Gasteiger partial charge in [-0.2, -0.15) is 13.2 Å². The van der Waals surface area contributed by atoms with Crippen molar-refractivity contribution in [2.75, 3.05) is 11.9 Å². The molecule has 1 heterocycles. The monoisotopic (exact) mass is 317 g/mol. The number of benzene rings is 2. The Kier molecular flexibility index (Phi) is 3.90. The average Bonchev–Trinajstić information content (AvgIpc) is 2.54. The first-order valence-corrected chi connectivity index (χ1v) is 7.15. The van der Waals surface area contributed by atoms with Crippen molar-refractivity contribution in [3.05, 3.63) is 54.2 Å². The van der Waals surface area contributed by atoms with Gasteiger partial charge in [0, 0.05) is 29.4 Å². The molecule has 6 heteroatoms. The van der Waals surface area contributed by atoms with E-state index >= 15 is 0 Å². The number of alkyl halides is 3. The molecule has 0 atom stereocenters. The minimum Gasteiger partial charge on any atom is -0.385 e. The Bertz CT molecular complexity index is 827. The van der Waals surface area contributed by atoms with Crippen LogP contribution in [0.3, 0.4) is 0 Å². The van der Waals surface area contributed by atoms with Gasteiger partial charge in [0.05, 0.1) is 11.1 Å². The largest absolute Gasteiger partial charge is 0.416 e. The molecule has 0 saturated heterocycles. The summed E-state index contributed by atoms with van der Waals surface area (Å²) in [6.07, 6.45) is -2.94. The second kappa shape index (κ2) is 5.87. The summed E-state index contributed by atoms with van der Waals surface area (Å²) in [7, 11) is 0. The van der Waals surface area contributed by atoms with Crippen LogP contribution in [0.1, 0.15) is 12.5 Å². The Morgan fingerprint density at radius 1 is 1.04 bits per heavy atom. The van der Waals surface area contributed by atoms with Crippen molar-refractivity contribution in [2.24, 2.45) is 0 Å². The van der Waals surface area contributed by atoms with Gasteiger partial charge in [0.15, 0.2) is 5.82 Å². The summed E-state index contributed by atoms with van der Waals surface area (Å²) in [5.74, 6) is 0.486. The van der Waals surface area contributed by atoms with Crippen molar-refractivity contribution < 1.29 is 13.2 Å². The lowest BCUT2D eigenvalue weighted by molar-refractivity contribution is -0.137. The highest BCUT2D eigenvalue weighted by molar-refractivity contribution is 5.80. The van der Waals surface area contributed by atoms with Gasteiger partial charge in [-0.3, -0.25) is 0 Å². The molecule has 0 bridgehead atoms. The first-order chi connectivity index (χ1) is 11.0. The van der Waals surface area contributed by atoms with Gasteiger partial charge in [-0.15, -0.1) is 0 Å². The number of rotatable bonds is 3. The lowest BCUT2D eigenvalue weighted by atomic mass is 10.1. The van der Waals surface area contributed by atoms with Crippen LogP contribution < -0.4 is 5.32 Å². The minimum atomic E-state index is -4.37. The van der Waals surface area contributed by atoms with E-state index in [1.165, 1.54) is 12.3 Å². The SMILES string of the molecule is CCNc1ccc(-c2ncc3cc(C(F)(F)F)ccc3n2)cc1. The predicted molar refractivity (Wildman–Crippen MR) is 84.1 cm³/mol. The van der Waals surface area contributed by atoms with E-state index in [1.807, 2.05) is 31.2 Å². The zero-order chi connectivity index (χ0) is 16.4. The zero-order valence-electron chi connectivity index (χ0n) is 12.4. The molecule has 0 amide bonds. The van der Waals surface area contributed by atoms with Crippen molar-refractivity contribution in [1.29, 1.82) is 0 Å². The van der Waals surface area contributed by atoms with Gasteiger partial charge in [-0.05, 0) is 49.4 Å². The van der Waals surface area contributed by atoms with Crippen LogP contribution in [0.4, 0.5) is 18.9 Å². The minimum absolute atomic E-state index is 0.368. The normalized spacial score (nSPS) is 11.7. The van der Waals surface area contributed by atoms with Crippen LogP contribution in [0.25, 0.3) is 22.3 Å². The van der Waals surface area contributed by atoms with Crippen LogP contribution in [0.15, 0.2) is 48.7 Å². The van der Waals surface area contributed by atoms with Crippen LogP contribution in [-0.2, 0) is 6.18 Å². The molecule has 0 aliphatic rings. The van der Waals surface area contributed by atoms with Gasteiger partial charge >= 0.3 is 6.18 Å². The van der Waals surface area contributed by atoms with Crippen molar-refractivity contribution in [1.82, 2.24) is 9.97 Å². The van der Waals surface area contributed by atoms with E-state index in [9.17, 15) is 13.2 Å². The third-order valence-corrected chi connectivity index (χ3v) is 3.43. The van der Waals surface area contributed by atoms with Crippen LogP contribution in [-0.4, -0.2) is 16.5 Å². The first-order valence-electron chi connectivity index (χ1n) is 7.15. The van der Waals surface area contributed by atoms with Gasteiger partial charge in [0.2, 0.25) is 0 Å². The molecule has 1 N–H and O–H groups in total. The second-order valence-corrected chi connectivity index (χ2v) is 5.07. The number of nitrogens with zero attached hydrogens (tertiary/aromatic N) is 2. The molecule has 0 saturated carbocycles. The molecule has 0 unspecified atom stereocenters. The molecule has 0 aliphatic carbocycles. The Morgan fingerprint density at radius 2 is 1.78 bits per heavy atom. The van der Waals surface area contributed by atoms with Crippen molar-refractivity contribution in [3.63, 3.8) is 0 Å². The summed E-state index contributed by atoms with van der Waals surface area (Å²) in [6.45, 7) is 2.84. The summed E-state index contributed by atoms with van der Waals surface area (Å²) in [6, 6.07) is 11.1. The Hall–Kier alpha value is -2.63. The van der Waals surface area contributed by atoms with Gasteiger partial charge in [-0.25, -0.2) is 9.97 Å². The molecule has 3 nitrogen and oxygen atoms in total. The Balaban J connectivity index is 1.96. The number of hydrogen-bond donors (Lipinski definition) is 1. The summed E-state index contributed by atoms with van der Waals surface area (Å²) < 4.78 is 38.1. The maximum Gasteiger partial charge on any atom is 0.416 e. The fourth-order valence-corrected chi connectivity index (χ4v) is 2.29. The molecular weight excluding hydrogens is 303 g/mol. The smallest absolute Gasteiger partial charge is 0.385 e. The molecular formula is C17H14F3N3. The van der Waals surface area contributed by atoms with Gasteiger partial charge in [0.25, 0.3) is 0 Å². The third-order valence-electron chi connectivity index (χ3n) is 3.43. The molecule has 0 spiro atoms. The van der Waals surface area contributed by atoms with E-state index in [1.54, 1.807) is 0 Å². The van der Waals surface area contributed by atoms with Gasteiger partial charge < -0.3 is 5.32 Å². The van der Waals surface area contributed by atoms with Crippen molar-refractivity contribution >= 4 is 16.6 Å². The lowest BCUT2D eigenvalue weighted by Crippen LogP contribution is -2.04. The quantitative estimate of drug-likeness (QED) is 0.757. The lowest BCUT2D eigenvalue weighted by Gasteiger charge is -2.08. The van der Waals surface area contributed by atoms with Crippen LogP contribution in [0.2, 0.25) is 0 Å². The van der Waals surface area contributed by atoms with Crippen molar-refractivity contribution in [3.8, 4) is 11.4 Å². The second-order valence-electron chi connectivity index (χ2n) is 5.07. The predicted octanol–water partition coefficient (Wildman–Crippen LogP) is 4.75. The van der Waals surface area contributed by atoms with E-state index in [4.69, 9.17) is 0 Å². The Morgan fingerprint density at radius 3 is 2.43 bits per heavy atom. The summed E-state index contributed by atoms with van der Waals surface area (Å²) >= 11 is 0. The molecule has 0 aliphatic heterocycles. The molecule has 3 aromatic rings. The molecule has 3 rings (SSSR count). The van der Waals surface area contributed by atoms with E-state index < -0.39 is 11.7 Å². The number of nitrogens with one attached hydrogen (secondary N) is 1. The van der Waals surface area contributed by atoms with E-state index in [0.717, 1.165) is 29.9 Å². The van der Waals surface area contributed by atoms with Crippen LogP contribution in [0.5, 0.6) is 0 Å². The number of aromatic nitrogens is 2. The molecule has 118 valence electrons. The fraction of sp³-hybridized carbons (Fsp3) is 0.176. The highest BCUT2D eigenvalue weighted by Crippen LogP contribution is 2.31. The third kappa shape index (κ3) is 3.26. The van der Waals surface area contributed by atoms with Crippen LogP contribution >= 0.6 is 0 Å². The molecule has 23 heavy (non-hydrogen) atoms. The zero-order valence-corrected chi connectivity index (χ0v) is 12.4. The highest BCUT2D eigenvalue weighted by Gasteiger charge is 2.30. The van der Waals surface area contributed by atoms with E-state index in [-0.39, 0.29) is 0 Å². The van der Waals surface area contributed by atoms with Gasteiger partial charge in [-0.1, -0.05) is 0 Å². The summed E-state index contributed by atoms with van der Waals surface area (Å²) in [4.78, 5) is 8.52.